The van der Waals surface area contributed by atoms with Gasteiger partial charge in [0.1, 0.15) is 17.6 Å². The van der Waals surface area contributed by atoms with E-state index < -0.39 is 0 Å². The van der Waals surface area contributed by atoms with E-state index in [1.807, 2.05) is 18.3 Å². The molecule has 0 bridgehead atoms. The van der Waals surface area contributed by atoms with Gasteiger partial charge in [-0.1, -0.05) is 0 Å². The Balaban J connectivity index is 2.17. The summed E-state index contributed by atoms with van der Waals surface area (Å²) >= 11 is 3.53. The van der Waals surface area contributed by atoms with Crippen LogP contribution < -0.4 is 4.57 Å². The van der Waals surface area contributed by atoms with E-state index >= 15 is 0 Å². The highest BCUT2D eigenvalue weighted by atomic mass is 79.9. The zero-order valence-electron chi connectivity index (χ0n) is 11.8. The summed E-state index contributed by atoms with van der Waals surface area (Å²) in [4.78, 5) is 4.60. The molecule has 0 aliphatic heterocycles. The Kier molecular flexibility index (Phi) is 3.34. The fourth-order valence-electron chi connectivity index (χ4n) is 2.20. The SMILES string of the molecule is CC[n+]1cc(Br)cc(-c2nc3cc(C)c(C)cc3o2)c1. The topological polar surface area (TPSA) is 29.9 Å². The van der Waals surface area contributed by atoms with Crippen molar-refractivity contribution < 1.29 is 8.98 Å². The van der Waals surface area contributed by atoms with Crippen molar-refractivity contribution in [2.24, 2.45) is 0 Å². The van der Waals surface area contributed by atoms with Crippen molar-refractivity contribution in [1.29, 1.82) is 0 Å². The quantitative estimate of drug-likeness (QED) is 0.659. The van der Waals surface area contributed by atoms with Crippen molar-refractivity contribution in [2.45, 2.75) is 27.3 Å². The highest BCUT2D eigenvalue weighted by Gasteiger charge is 2.14. The minimum atomic E-state index is 0.661. The zero-order chi connectivity index (χ0) is 14.3. The van der Waals surface area contributed by atoms with Crippen molar-refractivity contribution in [3.8, 4) is 11.5 Å². The van der Waals surface area contributed by atoms with Crippen LogP contribution in [0.3, 0.4) is 0 Å². The largest absolute Gasteiger partial charge is 0.436 e. The number of halogens is 1. The van der Waals surface area contributed by atoms with Gasteiger partial charge in [-0.05, 0) is 66.0 Å². The maximum atomic E-state index is 5.90. The van der Waals surface area contributed by atoms with Gasteiger partial charge >= 0.3 is 0 Å². The predicted molar refractivity (Wildman–Crippen MR) is 82.5 cm³/mol. The Morgan fingerprint density at radius 1 is 1.15 bits per heavy atom. The van der Waals surface area contributed by atoms with Gasteiger partial charge in [-0.15, -0.1) is 0 Å². The molecule has 0 spiro atoms. The first-order valence-corrected chi connectivity index (χ1v) is 7.44. The second-order valence-corrected chi connectivity index (χ2v) is 5.91. The summed E-state index contributed by atoms with van der Waals surface area (Å²) in [5, 5.41) is 0. The lowest BCUT2D eigenvalue weighted by Crippen LogP contribution is -2.31. The molecule has 0 aliphatic rings. The van der Waals surface area contributed by atoms with E-state index in [1.165, 1.54) is 11.1 Å². The summed E-state index contributed by atoms with van der Waals surface area (Å²) in [5.74, 6) is 0.661. The summed E-state index contributed by atoms with van der Waals surface area (Å²) in [5.41, 5.74) is 5.18. The average molecular weight is 332 g/mol. The summed E-state index contributed by atoms with van der Waals surface area (Å²) in [6, 6.07) is 6.15. The van der Waals surface area contributed by atoms with Crippen LogP contribution in [0.4, 0.5) is 0 Å². The number of hydrogen-bond acceptors (Lipinski definition) is 2. The smallest absolute Gasteiger partial charge is 0.233 e. The van der Waals surface area contributed by atoms with Crippen LogP contribution in [0.1, 0.15) is 18.1 Å². The molecule has 1 aromatic carbocycles. The van der Waals surface area contributed by atoms with Crippen LogP contribution in [-0.2, 0) is 6.54 Å². The van der Waals surface area contributed by atoms with Gasteiger partial charge in [-0.2, -0.15) is 0 Å². The molecule has 3 rings (SSSR count). The van der Waals surface area contributed by atoms with Crippen LogP contribution in [0.2, 0.25) is 0 Å². The maximum absolute atomic E-state index is 5.90. The first-order chi connectivity index (χ1) is 9.56. The van der Waals surface area contributed by atoms with E-state index in [2.05, 4.69) is 58.5 Å². The van der Waals surface area contributed by atoms with Gasteiger partial charge in [0.05, 0.1) is 4.47 Å². The number of aromatic nitrogens is 2. The molecule has 102 valence electrons. The third kappa shape index (κ3) is 2.36. The molecule has 0 N–H and O–H groups in total. The van der Waals surface area contributed by atoms with Crippen LogP contribution >= 0.6 is 15.9 Å². The van der Waals surface area contributed by atoms with Crippen LogP contribution in [0.15, 0.2) is 39.5 Å². The molecule has 2 aromatic heterocycles. The number of fused-ring (bicyclic) bond motifs is 1. The molecule has 20 heavy (non-hydrogen) atoms. The molecule has 3 aromatic rings. The predicted octanol–water partition coefficient (Wildman–Crippen LogP) is 4.18. The Hall–Kier alpha value is -1.68. The Morgan fingerprint density at radius 2 is 1.90 bits per heavy atom. The van der Waals surface area contributed by atoms with E-state index in [0.29, 0.717) is 5.89 Å². The molecule has 0 radical (unpaired) electrons. The summed E-state index contributed by atoms with van der Waals surface area (Å²) in [7, 11) is 0. The lowest BCUT2D eigenvalue weighted by molar-refractivity contribution is -0.693. The molecule has 3 nitrogen and oxygen atoms in total. The average Bonchev–Trinajstić information content (AvgIpc) is 2.81. The van der Waals surface area contributed by atoms with Gasteiger partial charge in [0.2, 0.25) is 5.89 Å². The standard InChI is InChI=1S/C16H16BrN2O/c1-4-19-8-12(7-13(17)9-19)16-18-14-5-10(2)11(3)6-15(14)20-16/h5-9H,4H2,1-3H3/q+1. The Bertz CT molecular complexity index is 754. The van der Waals surface area contributed by atoms with Crippen LogP contribution in [0.25, 0.3) is 22.6 Å². The fraction of sp³-hybridized carbons (Fsp3) is 0.250. The summed E-state index contributed by atoms with van der Waals surface area (Å²) in [6.45, 7) is 7.19. The van der Waals surface area contributed by atoms with Gasteiger partial charge in [0, 0.05) is 0 Å². The molecule has 0 saturated heterocycles. The number of hydrogen-bond donors (Lipinski definition) is 0. The Labute approximate surface area is 126 Å². The third-order valence-electron chi connectivity index (χ3n) is 3.50. The molecular weight excluding hydrogens is 316 g/mol. The van der Waals surface area contributed by atoms with Crippen LogP contribution in [0.5, 0.6) is 0 Å². The monoisotopic (exact) mass is 331 g/mol. The zero-order valence-corrected chi connectivity index (χ0v) is 13.4. The normalized spacial score (nSPS) is 11.2. The van der Waals surface area contributed by atoms with Crippen molar-refractivity contribution in [1.82, 2.24) is 4.98 Å². The Morgan fingerprint density at radius 3 is 2.65 bits per heavy atom. The number of rotatable bonds is 2. The van der Waals surface area contributed by atoms with Crippen molar-refractivity contribution in [3.63, 3.8) is 0 Å². The van der Waals surface area contributed by atoms with E-state index in [-0.39, 0.29) is 0 Å². The molecule has 0 amide bonds. The van der Waals surface area contributed by atoms with Crippen molar-refractivity contribution >= 4 is 27.0 Å². The van der Waals surface area contributed by atoms with E-state index in [0.717, 1.165) is 27.7 Å². The number of nitrogens with zero attached hydrogens (tertiary/aromatic N) is 2. The van der Waals surface area contributed by atoms with Gasteiger partial charge < -0.3 is 4.42 Å². The number of oxazole rings is 1. The lowest BCUT2D eigenvalue weighted by atomic mass is 10.1. The van der Waals surface area contributed by atoms with E-state index in [1.54, 1.807) is 0 Å². The minimum absolute atomic E-state index is 0.661. The van der Waals surface area contributed by atoms with Gasteiger partial charge in [-0.25, -0.2) is 9.55 Å². The van der Waals surface area contributed by atoms with E-state index in [9.17, 15) is 0 Å². The molecule has 0 unspecified atom stereocenters. The minimum Gasteiger partial charge on any atom is -0.436 e. The van der Waals surface area contributed by atoms with Gasteiger partial charge in [0.25, 0.3) is 0 Å². The second kappa shape index (κ2) is 5.02. The molecular formula is C16H16BrN2O+. The maximum Gasteiger partial charge on any atom is 0.233 e. The molecule has 2 heterocycles. The van der Waals surface area contributed by atoms with Crippen molar-refractivity contribution in [2.75, 3.05) is 0 Å². The molecule has 0 aliphatic carbocycles. The summed E-state index contributed by atoms with van der Waals surface area (Å²) < 4.78 is 9.02. The number of benzene rings is 1. The third-order valence-corrected chi connectivity index (χ3v) is 3.94. The first kappa shape index (κ1) is 13.3. The summed E-state index contributed by atoms with van der Waals surface area (Å²) in [6.07, 6.45) is 4.09. The lowest BCUT2D eigenvalue weighted by Gasteiger charge is -1.97. The van der Waals surface area contributed by atoms with Crippen LogP contribution in [0, 0.1) is 13.8 Å². The number of pyridine rings is 1. The highest BCUT2D eigenvalue weighted by molar-refractivity contribution is 9.10. The first-order valence-electron chi connectivity index (χ1n) is 6.64. The molecule has 0 atom stereocenters. The highest BCUT2D eigenvalue weighted by Crippen LogP contribution is 2.26. The fourth-order valence-corrected chi connectivity index (χ4v) is 2.71. The molecule has 4 heteroatoms. The van der Waals surface area contributed by atoms with Gasteiger partial charge in [-0.3, -0.25) is 0 Å². The van der Waals surface area contributed by atoms with Crippen molar-refractivity contribution in [3.05, 3.63) is 46.2 Å². The molecule has 0 fully saturated rings. The second-order valence-electron chi connectivity index (χ2n) is 5.00. The molecule has 0 saturated carbocycles. The van der Waals surface area contributed by atoms with Gasteiger partial charge in [0.15, 0.2) is 18.0 Å². The number of aryl methyl sites for hydroxylation is 3. The van der Waals surface area contributed by atoms with E-state index in [4.69, 9.17) is 4.42 Å². The van der Waals surface area contributed by atoms with Crippen LogP contribution in [-0.4, -0.2) is 4.98 Å².